The van der Waals surface area contributed by atoms with Crippen molar-refractivity contribution in [2.24, 2.45) is 0 Å². The number of hydrogen-bond acceptors (Lipinski definition) is 9. The number of benzene rings is 2. The lowest BCUT2D eigenvalue weighted by Gasteiger charge is -2.13. The summed E-state index contributed by atoms with van der Waals surface area (Å²) in [5, 5.41) is 24.8. The van der Waals surface area contributed by atoms with Gasteiger partial charge in [-0.3, -0.25) is 4.79 Å². The third-order valence-corrected chi connectivity index (χ3v) is 4.99. The number of nitriles is 3. The molecule has 0 heterocycles. The van der Waals surface area contributed by atoms with Gasteiger partial charge in [-0.25, -0.2) is 6.57 Å². The zero-order chi connectivity index (χ0) is 34.3. The molecule has 0 N–H and O–H groups in total. The van der Waals surface area contributed by atoms with Crippen LogP contribution in [-0.2, 0) is 0 Å². The van der Waals surface area contributed by atoms with Gasteiger partial charge < -0.3 is 28.7 Å². The second-order valence-corrected chi connectivity index (χ2v) is 9.45. The molecule has 3 radical (unpaired) electrons. The van der Waals surface area contributed by atoms with E-state index in [1.165, 1.54) is 39.9 Å². The van der Waals surface area contributed by atoms with Crippen molar-refractivity contribution in [1.82, 2.24) is 4.90 Å². The zero-order valence-corrected chi connectivity index (χ0v) is 28.8. The smallest absolute Gasteiger partial charge is 0.298 e. The first-order chi connectivity index (χ1) is 21.0. The number of carbonyl (C=O) groups excluding carboxylic acids is 1. The molecule has 14 heteroatoms. The van der Waals surface area contributed by atoms with Crippen molar-refractivity contribution >= 4 is 55.6 Å². The molecular formula is C31H38BCl3N5O5. The van der Waals surface area contributed by atoms with Crippen LogP contribution in [0.25, 0.3) is 10.9 Å². The second kappa shape index (κ2) is 32.8. The fourth-order valence-electron chi connectivity index (χ4n) is 2.83. The Hall–Kier alpha value is -4.10. The molecular weight excluding hydrogens is 640 g/mol. The van der Waals surface area contributed by atoms with E-state index in [0.29, 0.717) is 28.6 Å². The van der Waals surface area contributed by atoms with Gasteiger partial charge in [0.25, 0.3) is 6.54 Å². The highest BCUT2D eigenvalue weighted by molar-refractivity contribution is 6.63. The first-order valence-electron chi connectivity index (χ1n) is 12.8. The number of rotatable bonds is 9. The van der Waals surface area contributed by atoms with Crippen molar-refractivity contribution in [3.63, 3.8) is 0 Å². The summed E-state index contributed by atoms with van der Waals surface area (Å²) in [5.74, 6) is 2.37. The fraction of sp³-hybridized carbons (Fsp3) is 0.387. The van der Waals surface area contributed by atoms with Gasteiger partial charge in [0.05, 0.1) is 28.4 Å². The maximum Gasteiger partial charge on any atom is 0.298 e. The molecule has 0 saturated heterocycles. The number of aldehydes is 1. The Kier molecular flexibility index (Phi) is 34.9. The summed E-state index contributed by atoms with van der Waals surface area (Å²) in [4.78, 5) is 15.5. The lowest BCUT2D eigenvalue weighted by Crippen LogP contribution is -2.21. The van der Waals surface area contributed by atoms with E-state index in [9.17, 15) is 4.79 Å². The van der Waals surface area contributed by atoms with Gasteiger partial charge in [-0.2, -0.15) is 15.8 Å². The lowest BCUT2D eigenvalue weighted by atomic mass is 10.1. The molecule has 0 aliphatic rings. The van der Waals surface area contributed by atoms with E-state index in [2.05, 4.69) is 30.5 Å². The first-order valence-corrected chi connectivity index (χ1v) is 14.1. The third kappa shape index (κ3) is 25.0. The fourth-order valence-corrected chi connectivity index (χ4v) is 2.83. The van der Waals surface area contributed by atoms with E-state index in [0.717, 1.165) is 11.8 Å². The number of alkyl halides is 3. The number of hydrogen-bond donors (Lipinski definition) is 0. The minimum atomic E-state index is -0.750. The number of carbonyl (C=O) groups is 1. The summed E-state index contributed by atoms with van der Waals surface area (Å²) in [6.45, 7) is 16.1. The number of nitrogens with zero attached hydrogens (tertiary/aromatic N) is 5. The molecule has 0 spiro atoms. The number of ether oxygens (including phenoxy) is 4. The summed E-state index contributed by atoms with van der Waals surface area (Å²) in [7, 11) is 6.16. The Labute approximate surface area is 284 Å². The quantitative estimate of drug-likeness (QED) is 0.0685. The molecule has 0 aliphatic carbocycles. The standard InChI is InChI=1S/C12H10N2O2.C9H10O3.C6H15N.C3H2N2.CHCl3.B/c1-15-11-4-3-9(6-12(11)16-2)5-10(7-13)8-14;1-11-8-4-3-7(6-10)5-9(8)12-2;1-4-7(5-2)6-3;1-5-3-2-4;2-1(3)4;/h3-6H,1-2H3;3-6H,1-2H3;4-6H2,1-3H3;3H2;1H;. The average Bonchev–Trinajstić information content (AvgIpc) is 3.04. The summed E-state index contributed by atoms with van der Waals surface area (Å²) in [5.41, 5.74) is 1.34. The van der Waals surface area contributed by atoms with Crippen molar-refractivity contribution in [2.45, 2.75) is 25.1 Å². The SMILES string of the molecule is CCN(CC)CC.COc1ccc(C=C(C#N)C#N)cc1OC.COc1ccc(C=O)cc1OC.ClC(Cl)Cl.[B].[C-]#[N+]CC#N. The Morgan fingerprint density at radius 3 is 1.44 bits per heavy atom. The molecule has 2 aromatic carbocycles. The van der Waals surface area contributed by atoms with Gasteiger partial charge in [0, 0.05) is 14.0 Å². The van der Waals surface area contributed by atoms with E-state index in [1.807, 2.05) is 0 Å². The lowest BCUT2D eigenvalue weighted by molar-refractivity contribution is 0.112. The number of halogens is 3. The molecule has 0 unspecified atom stereocenters. The summed E-state index contributed by atoms with van der Waals surface area (Å²) in [6.07, 6.45) is 2.25. The van der Waals surface area contributed by atoms with Crippen LogP contribution in [0.15, 0.2) is 42.0 Å². The van der Waals surface area contributed by atoms with Crippen LogP contribution < -0.4 is 18.9 Å². The number of methoxy groups -OCH3 is 4. The van der Waals surface area contributed by atoms with Crippen molar-refractivity contribution in [1.29, 1.82) is 15.8 Å². The van der Waals surface area contributed by atoms with Crippen LogP contribution in [0.4, 0.5) is 0 Å². The van der Waals surface area contributed by atoms with Crippen molar-refractivity contribution in [3.05, 3.63) is 64.5 Å². The molecule has 2 rings (SSSR count). The molecule has 0 atom stereocenters. The van der Waals surface area contributed by atoms with Gasteiger partial charge in [0.1, 0.15) is 30.1 Å². The van der Waals surface area contributed by atoms with E-state index in [-0.39, 0.29) is 20.5 Å². The van der Waals surface area contributed by atoms with Gasteiger partial charge in [-0.15, -0.1) is 0 Å². The van der Waals surface area contributed by atoms with Crippen molar-refractivity contribution in [2.75, 3.05) is 54.6 Å². The van der Waals surface area contributed by atoms with Gasteiger partial charge in [0.2, 0.25) is 0 Å². The Bertz CT molecular complexity index is 1250. The van der Waals surface area contributed by atoms with Crippen LogP contribution in [0.3, 0.4) is 0 Å². The van der Waals surface area contributed by atoms with Crippen molar-refractivity contribution in [3.8, 4) is 41.2 Å². The van der Waals surface area contributed by atoms with Crippen LogP contribution in [0.2, 0.25) is 0 Å². The topological polar surface area (TPSA) is 133 Å². The Balaban J connectivity index is -0.000000256. The first kappa shape index (κ1) is 47.8. The van der Waals surface area contributed by atoms with E-state index < -0.39 is 4.30 Å². The van der Waals surface area contributed by atoms with E-state index >= 15 is 0 Å². The molecule has 0 amide bonds. The predicted octanol–water partition coefficient (Wildman–Crippen LogP) is 7.03. The van der Waals surface area contributed by atoms with E-state index in [4.69, 9.17) is 76.1 Å². The normalized spacial score (nSPS) is 8.36. The molecule has 0 bridgehead atoms. The predicted molar refractivity (Wildman–Crippen MR) is 181 cm³/mol. The molecule has 10 nitrogen and oxygen atoms in total. The maximum atomic E-state index is 10.4. The van der Waals surface area contributed by atoms with Gasteiger partial charge in [-0.1, -0.05) is 61.6 Å². The summed E-state index contributed by atoms with van der Waals surface area (Å²) < 4.78 is 19.4. The highest BCUT2D eigenvalue weighted by Gasteiger charge is 2.04. The largest absolute Gasteiger partial charge is 0.493 e. The molecule has 2 aromatic rings. The van der Waals surface area contributed by atoms with E-state index in [1.54, 1.807) is 68.8 Å². The molecule has 0 aliphatic heterocycles. The molecule has 241 valence electrons. The molecule has 0 saturated carbocycles. The van der Waals surface area contributed by atoms with Crippen LogP contribution in [0.5, 0.6) is 23.0 Å². The zero-order valence-electron chi connectivity index (χ0n) is 26.5. The third-order valence-electron chi connectivity index (χ3n) is 4.99. The van der Waals surface area contributed by atoms with Crippen LogP contribution in [-0.4, -0.2) is 78.5 Å². The van der Waals surface area contributed by atoms with Crippen LogP contribution >= 0.6 is 34.8 Å². The summed E-state index contributed by atoms with van der Waals surface area (Å²) in [6, 6.07) is 15.4. The van der Waals surface area contributed by atoms with Gasteiger partial charge in [-0.05, 0) is 61.6 Å². The van der Waals surface area contributed by atoms with Crippen LogP contribution in [0.1, 0.15) is 36.7 Å². The minimum absolute atomic E-state index is 0. The monoisotopic (exact) mass is 676 g/mol. The molecule has 0 aromatic heterocycles. The molecule has 45 heavy (non-hydrogen) atoms. The highest BCUT2D eigenvalue weighted by atomic mass is 35.6. The summed E-state index contributed by atoms with van der Waals surface area (Å²) >= 11 is 14.4. The second-order valence-electron chi connectivity index (χ2n) is 7.47. The maximum absolute atomic E-state index is 10.4. The van der Waals surface area contributed by atoms with Crippen LogP contribution in [0, 0.1) is 40.6 Å². The number of allylic oxidation sites excluding steroid dienone is 1. The Morgan fingerprint density at radius 2 is 1.20 bits per heavy atom. The van der Waals surface area contributed by atoms with Crippen molar-refractivity contribution < 1.29 is 23.7 Å². The highest BCUT2D eigenvalue weighted by Crippen LogP contribution is 2.28. The van der Waals surface area contributed by atoms with Gasteiger partial charge in [0.15, 0.2) is 27.3 Å². The Morgan fingerprint density at radius 1 is 0.822 bits per heavy atom. The molecule has 0 fully saturated rings. The van der Waals surface area contributed by atoms with Gasteiger partial charge >= 0.3 is 0 Å². The average molecular weight is 678 g/mol. The minimum Gasteiger partial charge on any atom is -0.493 e.